The molecule has 1 saturated carbocycles. The first kappa shape index (κ1) is 23.8. The summed E-state index contributed by atoms with van der Waals surface area (Å²) >= 11 is 6.29. The van der Waals surface area contributed by atoms with Gasteiger partial charge in [-0.15, -0.1) is 0 Å². The van der Waals surface area contributed by atoms with Crippen LogP contribution in [0, 0.1) is 5.92 Å². The second-order valence-corrected chi connectivity index (χ2v) is 10.2. The number of anilines is 3. The minimum atomic E-state index is -0.0558. The molecule has 0 unspecified atom stereocenters. The van der Waals surface area contributed by atoms with Gasteiger partial charge in [0.15, 0.2) is 11.5 Å². The first-order valence-electron chi connectivity index (χ1n) is 12.8. The van der Waals surface area contributed by atoms with Gasteiger partial charge in [-0.1, -0.05) is 17.7 Å². The van der Waals surface area contributed by atoms with E-state index in [-0.39, 0.29) is 10.8 Å². The number of phenolic OH excluding ortho intramolecular Hbond substituents is 1. The van der Waals surface area contributed by atoms with Gasteiger partial charge < -0.3 is 25.4 Å². The van der Waals surface area contributed by atoms with Crippen molar-refractivity contribution in [3.05, 3.63) is 65.4 Å². The Balaban J connectivity index is 1.39. The number of nitrogens with zero attached hydrogens (tertiary/aromatic N) is 3. The van der Waals surface area contributed by atoms with Gasteiger partial charge in [0, 0.05) is 37.8 Å². The van der Waals surface area contributed by atoms with Crippen LogP contribution in [0.2, 0.25) is 5.02 Å². The number of hydrogen-bond donors (Lipinski definition) is 3. The number of rotatable bonds is 7. The summed E-state index contributed by atoms with van der Waals surface area (Å²) in [5, 5.41) is 18.5. The Labute approximate surface area is 221 Å². The molecule has 0 amide bonds. The molecule has 1 aliphatic carbocycles. The average molecular weight is 516 g/mol. The normalized spacial score (nSPS) is 15.7. The molecule has 2 fully saturated rings. The number of nitrogens with one attached hydrogen (secondary N) is 2. The molecular formula is C29H30ClN5O2. The Bertz CT molecular complexity index is 1430. The third-order valence-electron chi connectivity index (χ3n) is 7.22. The van der Waals surface area contributed by atoms with Crippen molar-refractivity contribution < 1.29 is 9.84 Å². The summed E-state index contributed by atoms with van der Waals surface area (Å²) in [5.41, 5.74) is 6.10. The topological polar surface area (TPSA) is 82.5 Å². The number of benzene rings is 2. The molecule has 6 rings (SSSR count). The third-order valence-corrected chi connectivity index (χ3v) is 7.50. The Hall–Kier alpha value is -3.55. The van der Waals surface area contributed by atoms with E-state index in [1.807, 2.05) is 24.5 Å². The molecule has 0 radical (unpaired) electrons. The minimum Gasteiger partial charge on any atom is -0.503 e. The number of halogens is 1. The van der Waals surface area contributed by atoms with E-state index in [2.05, 4.69) is 33.7 Å². The molecule has 1 aliphatic heterocycles. The predicted octanol–water partition coefficient (Wildman–Crippen LogP) is 5.77. The lowest BCUT2D eigenvalue weighted by Gasteiger charge is -2.29. The highest BCUT2D eigenvalue weighted by Crippen LogP contribution is 2.41. The fraction of sp³-hybridized carbons (Fsp3) is 0.310. The molecule has 2 aromatic heterocycles. The summed E-state index contributed by atoms with van der Waals surface area (Å²) in [6.07, 6.45) is 7.47. The van der Waals surface area contributed by atoms with E-state index in [1.54, 1.807) is 12.1 Å². The maximum Gasteiger partial charge on any atom is 0.176 e. The van der Waals surface area contributed by atoms with E-state index in [0.717, 1.165) is 71.8 Å². The largest absolute Gasteiger partial charge is 0.503 e. The monoisotopic (exact) mass is 515 g/mol. The molecule has 7 nitrogen and oxygen atoms in total. The molecule has 8 heteroatoms. The maximum atomic E-state index is 10.2. The van der Waals surface area contributed by atoms with Crippen molar-refractivity contribution in [3.63, 3.8) is 0 Å². The van der Waals surface area contributed by atoms with Gasteiger partial charge in [-0.25, -0.2) is 4.98 Å². The highest BCUT2D eigenvalue weighted by Gasteiger charge is 2.24. The van der Waals surface area contributed by atoms with Gasteiger partial charge in [0.2, 0.25) is 0 Å². The van der Waals surface area contributed by atoms with Gasteiger partial charge in [-0.05, 0) is 78.3 Å². The summed E-state index contributed by atoms with van der Waals surface area (Å²) in [5.74, 6) is 1.81. The van der Waals surface area contributed by atoms with Crippen molar-refractivity contribution in [1.29, 1.82) is 0 Å². The van der Waals surface area contributed by atoms with Gasteiger partial charge >= 0.3 is 0 Å². The number of hydrogen-bond acceptors (Lipinski definition) is 7. The van der Waals surface area contributed by atoms with Gasteiger partial charge in [0.05, 0.1) is 35.2 Å². The van der Waals surface area contributed by atoms with E-state index in [1.165, 1.54) is 25.5 Å². The number of pyridine rings is 2. The maximum absolute atomic E-state index is 10.2. The number of fused-ring (bicyclic) bond motifs is 1. The zero-order chi connectivity index (χ0) is 25.4. The van der Waals surface area contributed by atoms with Crippen LogP contribution < -0.4 is 20.3 Å². The van der Waals surface area contributed by atoms with Crippen LogP contribution in [0.3, 0.4) is 0 Å². The van der Waals surface area contributed by atoms with Crippen molar-refractivity contribution in [3.8, 4) is 22.6 Å². The first-order chi connectivity index (χ1) is 18.1. The predicted molar refractivity (Wildman–Crippen MR) is 149 cm³/mol. The van der Waals surface area contributed by atoms with Gasteiger partial charge in [-0.2, -0.15) is 0 Å². The lowest BCUT2D eigenvalue weighted by molar-refractivity contribution is 0.374. The van der Waals surface area contributed by atoms with Crippen molar-refractivity contribution in [2.75, 3.05) is 43.5 Å². The number of methoxy groups -OCH3 is 1. The molecule has 37 heavy (non-hydrogen) atoms. The minimum absolute atomic E-state index is 0.0558. The van der Waals surface area contributed by atoms with Crippen LogP contribution in [0.5, 0.6) is 11.5 Å². The summed E-state index contributed by atoms with van der Waals surface area (Å²) in [6, 6.07) is 13.9. The zero-order valence-electron chi connectivity index (χ0n) is 20.8. The van der Waals surface area contributed by atoms with Crippen LogP contribution in [-0.4, -0.2) is 48.4 Å². The lowest BCUT2D eigenvalue weighted by atomic mass is 9.99. The molecule has 4 aromatic rings. The van der Waals surface area contributed by atoms with Crippen molar-refractivity contribution in [2.45, 2.75) is 19.3 Å². The number of aromatic nitrogens is 2. The van der Waals surface area contributed by atoms with Crippen LogP contribution in [0.15, 0.2) is 54.9 Å². The molecule has 3 heterocycles. The zero-order valence-corrected chi connectivity index (χ0v) is 21.6. The summed E-state index contributed by atoms with van der Waals surface area (Å²) in [4.78, 5) is 11.9. The second kappa shape index (κ2) is 10.1. The third kappa shape index (κ3) is 5.02. The summed E-state index contributed by atoms with van der Waals surface area (Å²) in [7, 11) is 1.52. The Morgan fingerprint density at radius 2 is 1.89 bits per heavy atom. The first-order valence-corrected chi connectivity index (χ1v) is 13.1. The van der Waals surface area contributed by atoms with E-state index in [9.17, 15) is 5.11 Å². The molecule has 0 spiro atoms. The fourth-order valence-electron chi connectivity index (χ4n) is 4.94. The van der Waals surface area contributed by atoms with Gasteiger partial charge in [0.1, 0.15) is 5.82 Å². The standard InChI is InChI=1S/C29H30ClN5O2/c1-37-26-15-20(14-24(30)29(26)36)19-4-6-25-23(13-19)28(21(16-32-25)12-18-2-3-18)34-27-7-5-22(17-33-27)35-10-8-31-9-11-35/h4-7,13-18,31,36H,2-3,8-12H2,1H3,(H,32,33,34). The quantitative estimate of drug-likeness (QED) is 0.288. The van der Waals surface area contributed by atoms with Crippen molar-refractivity contribution in [1.82, 2.24) is 15.3 Å². The van der Waals surface area contributed by atoms with Crippen molar-refractivity contribution in [2.24, 2.45) is 5.92 Å². The Morgan fingerprint density at radius 3 is 2.62 bits per heavy atom. The number of aromatic hydroxyl groups is 1. The van der Waals surface area contributed by atoms with Crippen LogP contribution >= 0.6 is 11.6 Å². The van der Waals surface area contributed by atoms with Crippen LogP contribution in [0.4, 0.5) is 17.2 Å². The van der Waals surface area contributed by atoms with E-state index >= 15 is 0 Å². The molecule has 3 N–H and O–H groups in total. The number of piperazine rings is 1. The average Bonchev–Trinajstić information content (AvgIpc) is 3.76. The molecule has 0 atom stereocenters. The number of ether oxygens (including phenoxy) is 1. The fourth-order valence-corrected chi connectivity index (χ4v) is 5.15. The Kier molecular flexibility index (Phi) is 6.49. The summed E-state index contributed by atoms with van der Waals surface area (Å²) < 4.78 is 5.33. The van der Waals surface area contributed by atoms with Crippen molar-refractivity contribution >= 4 is 39.7 Å². The summed E-state index contributed by atoms with van der Waals surface area (Å²) in [6.45, 7) is 3.97. The van der Waals surface area contributed by atoms with E-state index in [0.29, 0.717) is 11.7 Å². The smallest absolute Gasteiger partial charge is 0.176 e. The van der Waals surface area contributed by atoms with Crippen LogP contribution in [0.1, 0.15) is 18.4 Å². The highest BCUT2D eigenvalue weighted by molar-refractivity contribution is 6.32. The molecule has 190 valence electrons. The second-order valence-electron chi connectivity index (χ2n) is 9.81. The highest BCUT2D eigenvalue weighted by atomic mass is 35.5. The molecule has 0 bridgehead atoms. The van der Waals surface area contributed by atoms with Gasteiger partial charge in [0.25, 0.3) is 0 Å². The van der Waals surface area contributed by atoms with Crippen LogP contribution in [-0.2, 0) is 6.42 Å². The van der Waals surface area contributed by atoms with Crippen LogP contribution in [0.25, 0.3) is 22.0 Å². The van der Waals surface area contributed by atoms with E-state index in [4.69, 9.17) is 26.3 Å². The lowest BCUT2D eigenvalue weighted by Crippen LogP contribution is -2.43. The molecule has 1 saturated heterocycles. The van der Waals surface area contributed by atoms with E-state index < -0.39 is 0 Å². The molecule has 2 aliphatic rings. The van der Waals surface area contributed by atoms with Gasteiger partial charge in [-0.3, -0.25) is 4.98 Å². The Morgan fingerprint density at radius 1 is 1.05 bits per heavy atom. The molecular weight excluding hydrogens is 486 g/mol. The number of phenols is 1. The SMILES string of the molecule is COc1cc(-c2ccc3ncc(CC4CC4)c(Nc4ccc(N5CCNCC5)cn4)c3c2)cc(Cl)c1O. The molecule has 2 aromatic carbocycles.